The van der Waals surface area contributed by atoms with Gasteiger partial charge in [0.15, 0.2) is 0 Å². The monoisotopic (exact) mass is 301 g/mol. The Morgan fingerprint density at radius 2 is 1.60 bits per heavy atom. The molecule has 3 heteroatoms. The third kappa shape index (κ3) is 22.4. The molecule has 0 saturated carbocycles. The first-order chi connectivity index (χ1) is 9.72. The molecule has 0 fully saturated rings. The van der Waals surface area contributed by atoms with Crippen LogP contribution in [0.15, 0.2) is 24.3 Å². The lowest BCUT2D eigenvalue weighted by Gasteiger charge is -2.01. The molecule has 0 aliphatic rings. The summed E-state index contributed by atoms with van der Waals surface area (Å²) in [6, 6.07) is 0. The average molecular weight is 302 g/mol. The summed E-state index contributed by atoms with van der Waals surface area (Å²) in [7, 11) is 0. The van der Waals surface area contributed by atoms with Gasteiger partial charge in [0.1, 0.15) is 0 Å². The van der Waals surface area contributed by atoms with E-state index in [1.54, 1.807) is 0 Å². The average Bonchev–Trinajstić information content (AvgIpc) is 2.44. The Labute approximate surface area is 130 Å². The summed E-state index contributed by atoms with van der Waals surface area (Å²) in [5, 5.41) is 2.88. The number of halogens is 1. The molecule has 0 aromatic rings. The van der Waals surface area contributed by atoms with E-state index in [0.717, 1.165) is 38.1 Å². The minimum atomic E-state index is 0.183. The van der Waals surface area contributed by atoms with Crippen molar-refractivity contribution < 1.29 is 4.79 Å². The van der Waals surface area contributed by atoms with Gasteiger partial charge >= 0.3 is 0 Å². The second-order valence-electron chi connectivity index (χ2n) is 4.48. The maximum Gasteiger partial charge on any atom is 0.220 e. The molecule has 0 bridgehead atoms. The van der Waals surface area contributed by atoms with E-state index in [0.29, 0.717) is 6.42 Å². The summed E-state index contributed by atoms with van der Waals surface area (Å²) >= 11 is 5.00. The van der Waals surface area contributed by atoms with Gasteiger partial charge in [0.2, 0.25) is 5.91 Å². The summed E-state index contributed by atoms with van der Waals surface area (Å²) < 4.78 is 0. The van der Waals surface area contributed by atoms with Crippen LogP contribution in [0.3, 0.4) is 0 Å². The van der Waals surface area contributed by atoms with E-state index >= 15 is 0 Å². The molecule has 0 aromatic carbocycles. The first kappa shape index (κ1) is 21.5. The van der Waals surface area contributed by atoms with Crippen LogP contribution >= 0.6 is 11.6 Å². The lowest BCUT2D eigenvalue weighted by molar-refractivity contribution is -0.121. The quantitative estimate of drug-likeness (QED) is 0.334. The van der Waals surface area contributed by atoms with Crippen LogP contribution in [0.5, 0.6) is 0 Å². The number of amides is 1. The first-order valence-corrected chi connectivity index (χ1v) is 8.38. The van der Waals surface area contributed by atoms with E-state index in [4.69, 9.17) is 11.6 Å². The highest BCUT2D eigenvalue weighted by Gasteiger charge is 1.97. The summed E-state index contributed by atoms with van der Waals surface area (Å²) in [6.45, 7) is 6.94. The van der Waals surface area contributed by atoms with Gasteiger partial charge in [-0.05, 0) is 32.1 Å². The zero-order valence-corrected chi connectivity index (χ0v) is 14.2. The van der Waals surface area contributed by atoms with Crippen molar-refractivity contribution in [2.24, 2.45) is 0 Å². The van der Waals surface area contributed by atoms with Crippen LogP contribution in [0.2, 0.25) is 0 Å². The Kier molecular flexibility index (Phi) is 22.1. The molecule has 118 valence electrons. The van der Waals surface area contributed by atoms with Gasteiger partial charge in [-0.15, -0.1) is 11.6 Å². The first-order valence-electron chi connectivity index (χ1n) is 7.85. The van der Waals surface area contributed by atoms with Gasteiger partial charge in [0.25, 0.3) is 0 Å². The van der Waals surface area contributed by atoms with E-state index in [2.05, 4.69) is 43.5 Å². The minimum Gasteiger partial charge on any atom is -0.356 e. The molecule has 20 heavy (non-hydrogen) atoms. The van der Waals surface area contributed by atoms with Crippen LogP contribution in [-0.2, 0) is 4.79 Å². The van der Waals surface area contributed by atoms with Crippen molar-refractivity contribution >= 4 is 17.5 Å². The second-order valence-corrected chi connectivity index (χ2v) is 5.01. The Morgan fingerprint density at radius 1 is 1.00 bits per heavy atom. The highest BCUT2D eigenvalue weighted by Crippen LogP contribution is 1.99. The SMILES string of the molecule is CCC/C=C\C/C=C\CCCC(=O)NCCC.CCCl. The maximum absolute atomic E-state index is 11.3. The molecular formula is C17H32ClNO. The zero-order chi connectivity index (χ0) is 15.5. The number of alkyl halides is 1. The molecule has 0 atom stereocenters. The van der Waals surface area contributed by atoms with E-state index in [9.17, 15) is 4.79 Å². The van der Waals surface area contributed by atoms with Gasteiger partial charge in [-0.2, -0.15) is 0 Å². The van der Waals surface area contributed by atoms with Crippen LogP contribution in [0.4, 0.5) is 0 Å². The fourth-order valence-electron chi connectivity index (χ4n) is 1.41. The number of carbonyl (C=O) groups excluding carboxylic acids is 1. The molecule has 2 nitrogen and oxygen atoms in total. The van der Waals surface area contributed by atoms with Crippen molar-refractivity contribution in [2.75, 3.05) is 12.4 Å². The second kappa shape index (κ2) is 20.6. The Balaban J connectivity index is 0. The molecule has 1 amide bonds. The van der Waals surface area contributed by atoms with Gasteiger partial charge in [0, 0.05) is 18.8 Å². The lowest BCUT2D eigenvalue weighted by Crippen LogP contribution is -2.23. The van der Waals surface area contributed by atoms with Crippen LogP contribution in [0.1, 0.15) is 65.7 Å². The smallest absolute Gasteiger partial charge is 0.220 e. The minimum absolute atomic E-state index is 0.183. The van der Waals surface area contributed by atoms with E-state index in [1.807, 2.05) is 6.92 Å². The van der Waals surface area contributed by atoms with Crippen LogP contribution in [-0.4, -0.2) is 18.3 Å². The predicted molar refractivity (Wildman–Crippen MR) is 91.4 cm³/mol. The van der Waals surface area contributed by atoms with E-state index in [-0.39, 0.29) is 5.91 Å². The third-order valence-corrected chi connectivity index (χ3v) is 2.41. The molecule has 0 radical (unpaired) electrons. The van der Waals surface area contributed by atoms with E-state index < -0.39 is 0 Å². The largest absolute Gasteiger partial charge is 0.356 e. The van der Waals surface area contributed by atoms with Crippen molar-refractivity contribution in [1.82, 2.24) is 5.32 Å². The molecule has 0 aromatic heterocycles. The molecule has 1 N–H and O–H groups in total. The topological polar surface area (TPSA) is 29.1 Å². The maximum atomic E-state index is 11.3. The van der Waals surface area contributed by atoms with Crippen molar-refractivity contribution in [2.45, 2.75) is 65.7 Å². The van der Waals surface area contributed by atoms with Crippen molar-refractivity contribution in [3.8, 4) is 0 Å². The highest BCUT2D eigenvalue weighted by molar-refractivity contribution is 6.17. The summed E-state index contributed by atoms with van der Waals surface area (Å²) in [4.78, 5) is 11.3. The third-order valence-electron chi connectivity index (χ3n) is 2.41. The summed E-state index contributed by atoms with van der Waals surface area (Å²) in [6.07, 6.45) is 15.8. The molecule has 0 heterocycles. The fraction of sp³-hybridized carbons (Fsp3) is 0.706. The molecule has 0 saturated heterocycles. The number of carbonyl (C=O) groups is 1. The standard InChI is InChI=1S/C15H27NO.C2H5Cl/c1-3-5-6-7-8-9-10-11-12-13-15(17)16-14-4-2;1-2-3/h6-7,9-10H,3-5,8,11-14H2,1-2H3,(H,16,17);2H2,1H3/b7-6-,10-9-;. The predicted octanol–water partition coefficient (Wildman–Crippen LogP) is 5.23. The molecule has 0 rings (SSSR count). The Bertz CT molecular complexity index is 249. The van der Waals surface area contributed by atoms with Crippen molar-refractivity contribution in [1.29, 1.82) is 0 Å². The van der Waals surface area contributed by atoms with Gasteiger partial charge in [-0.25, -0.2) is 0 Å². The molecule has 0 aliphatic carbocycles. The number of hydrogen-bond acceptors (Lipinski definition) is 1. The van der Waals surface area contributed by atoms with Gasteiger partial charge in [-0.3, -0.25) is 4.79 Å². The lowest BCUT2D eigenvalue weighted by atomic mass is 10.2. The Morgan fingerprint density at radius 3 is 2.15 bits per heavy atom. The van der Waals surface area contributed by atoms with Crippen LogP contribution < -0.4 is 5.32 Å². The van der Waals surface area contributed by atoms with Crippen LogP contribution in [0.25, 0.3) is 0 Å². The van der Waals surface area contributed by atoms with Crippen LogP contribution in [0, 0.1) is 0 Å². The van der Waals surface area contributed by atoms with E-state index in [1.165, 1.54) is 12.8 Å². The van der Waals surface area contributed by atoms with Crippen molar-refractivity contribution in [3.05, 3.63) is 24.3 Å². The zero-order valence-electron chi connectivity index (χ0n) is 13.5. The number of unbranched alkanes of at least 4 members (excludes halogenated alkanes) is 2. The van der Waals surface area contributed by atoms with Gasteiger partial charge in [0.05, 0.1) is 0 Å². The molecular weight excluding hydrogens is 270 g/mol. The van der Waals surface area contributed by atoms with Crippen molar-refractivity contribution in [3.63, 3.8) is 0 Å². The number of nitrogens with one attached hydrogen (secondary N) is 1. The molecule has 0 aliphatic heterocycles. The fourth-order valence-corrected chi connectivity index (χ4v) is 1.41. The Hall–Kier alpha value is -0.760. The van der Waals surface area contributed by atoms with Gasteiger partial charge < -0.3 is 5.32 Å². The summed E-state index contributed by atoms with van der Waals surface area (Å²) in [5.74, 6) is 0.906. The molecule has 0 unspecified atom stereocenters. The highest BCUT2D eigenvalue weighted by atomic mass is 35.5. The molecule has 0 spiro atoms. The number of hydrogen-bond donors (Lipinski definition) is 1. The summed E-state index contributed by atoms with van der Waals surface area (Å²) in [5.41, 5.74) is 0. The van der Waals surface area contributed by atoms with Gasteiger partial charge in [-0.1, -0.05) is 51.5 Å². The normalized spacial score (nSPS) is 10.6. The number of rotatable bonds is 10. The number of allylic oxidation sites excluding steroid dienone is 4.